The van der Waals surface area contributed by atoms with E-state index in [0.717, 1.165) is 5.57 Å². The summed E-state index contributed by atoms with van der Waals surface area (Å²) in [5.74, 6) is -0.362. The van der Waals surface area contributed by atoms with E-state index in [1.807, 2.05) is 6.92 Å². The van der Waals surface area contributed by atoms with Crippen LogP contribution in [0.15, 0.2) is 24.4 Å². The van der Waals surface area contributed by atoms with Crippen molar-refractivity contribution >= 4 is 5.97 Å². The van der Waals surface area contributed by atoms with Crippen LogP contribution in [0.1, 0.15) is 6.92 Å². The quantitative estimate of drug-likeness (QED) is 0.371. The van der Waals surface area contributed by atoms with E-state index in [0.29, 0.717) is 6.54 Å². The van der Waals surface area contributed by atoms with Crippen LogP contribution in [0.5, 0.6) is 0 Å². The first-order valence-corrected chi connectivity index (χ1v) is 3.29. The summed E-state index contributed by atoms with van der Waals surface area (Å²) >= 11 is 0. The molecule has 0 aromatic carbocycles. The summed E-state index contributed by atoms with van der Waals surface area (Å²) in [4.78, 5) is 10.5. The van der Waals surface area contributed by atoms with Crippen molar-refractivity contribution in [3.8, 4) is 0 Å². The van der Waals surface area contributed by atoms with Gasteiger partial charge in [-0.3, -0.25) is 0 Å². The Bertz CT molecular complexity index is 173. The monoisotopic (exact) mass is 155 g/mol. The molecule has 0 aromatic heterocycles. The van der Waals surface area contributed by atoms with Gasteiger partial charge in [-0.15, -0.1) is 0 Å². The molecule has 0 spiro atoms. The van der Waals surface area contributed by atoms with E-state index in [4.69, 9.17) is 0 Å². The topological polar surface area (TPSA) is 38.3 Å². The normalized spacial score (nSPS) is 9.64. The lowest BCUT2D eigenvalue weighted by molar-refractivity contribution is -0.134. The molecule has 0 amide bonds. The van der Waals surface area contributed by atoms with Crippen LogP contribution in [0.25, 0.3) is 0 Å². The first-order valence-electron chi connectivity index (χ1n) is 3.29. The van der Waals surface area contributed by atoms with Gasteiger partial charge in [0.05, 0.1) is 7.11 Å². The summed E-state index contributed by atoms with van der Waals surface area (Å²) in [6, 6.07) is 0. The second-order valence-electron chi connectivity index (χ2n) is 2.19. The van der Waals surface area contributed by atoms with Gasteiger partial charge in [-0.05, 0) is 6.92 Å². The van der Waals surface area contributed by atoms with E-state index in [1.54, 1.807) is 6.20 Å². The Labute approximate surface area is 66.7 Å². The second-order valence-corrected chi connectivity index (χ2v) is 2.19. The third kappa shape index (κ3) is 6.64. The van der Waals surface area contributed by atoms with Gasteiger partial charge >= 0.3 is 5.97 Å². The first kappa shape index (κ1) is 9.75. The number of hydrogen-bond donors (Lipinski definition) is 1. The lowest BCUT2D eigenvalue weighted by Gasteiger charge is -1.97. The molecule has 0 heterocycles. The summed E-state index contributed by atoms with van der Waals surface area (Å²) in [5.41, 5.74) is 1.01. The van der Waals surface area contributed by atoms with Gasteiger partial charge in [0.2, 0.25) is 0 Å². The minimum atomic E-state index is -0.362. The fourth-order valence-electron chi connectivity index (χ4n) is 0.428. The van der Waals surface area contributed by atoms with Crippen LogP contribution in [0.2, 0.25) is 0 Å². The Morgan fingerprint density at radius 2 is 2.36 bits per heavy atom. The molecule has 0 saturated heterocycles. The van der Waals surface area contributed by atoms with Gasteiger partial charge in [0.15, 0.2) is 0 Å². The number of carbonyl (C=O) groups is 1. The summed E-state index contributed by atoms with van der Waals surface area (Å²) in [6.45, 7) is 6.26. The van der Waals surface area contributed by atoms with Gasteiger partial charge in [0.1, 0.15) is 0 Å². The summed E-state index contributed by atoms with van der Waals surface area (Å²) in [6.07, 6.45) is 2.86. The Morgan fingerprint density at radius 1 is 1.73 bits per heavy atom. The van der Waals surface area contributed by atoms with Crippen LogP contribution in [-0.4, -0.2) is 19.6 Å². The maximum atomic E-state index is 10.5. The maximum absolute atomic E-state index is 10.5. The smallest absolute Gasteiger partial charge is 0.331 e. The fourth-order valence-corrected chi connectivity index (χ4v) is 0.428. The molecule has 0 radical (unpaired) electrons. The Morgan fingerprint density at radius 3 is 2.82 bits per heavy atom. The zero-order valence-electron chi connectivity index (χ0n) is 6.89. The SMILES string of the molecule is C=C(C)CN/C=C/C(=O)OC. The molecule has 0 fully saturated rings. The lowest BCUT2D eigenvalue weighted by Crippen LogP contribution is -2.08. The third-order valence-corrected chi connectivity index (χ3v) is 0.942. The highest BCUT2D eigenvalue weighted by Crippen LogP contribution is 1.81. The molecule has 0 unspecified atom stereocenters. The zero-order chi connectivity index (χ0) is 8.69. The van der Waals surface area contributed by atoms with Crippen LogP contribution in [0.3, 0.4) is 0 Å². The van der Waals surface area contributed by atoms with Crippen molar-refractivity contribution in [2.24, 2.45) is 0 Å². The van der Waals surface area contributed by atoms with Crippen LogP contribution in [0, 0.1) is 0 Å². The van der Waals surface area contributed by atoms with Crippen LogP contribution in [-0.2, 0) is 9.53 Å². The highest BCUT2D eigenvalue weighted by molar-refractivity contribution is 5.81. The van der Waals surface area contributed by atoms with E-state index in [-0.39, 0.29) is 5.97 Å². The van der Waals surface area contributed by atoms with Gasteiger partial charge in [0, 0.05) is 18.8 Å². The highest BCUT2D eigenvalue weighted by atomic mass is 16.5. The largest absolute Gasteiger partial charge is 0.466 e. The minimum absolute atomic E-state index is 0.362. The molecule has 0 rings (SSSR count). The van der Waals surface area contributed by atoms with Crippen molar-refractivity contribution in [2.75, 3.05) is 13.7 Å². The van der Waals surface area contributed by atoms with E-state index in [1.165, 1.54) is 13.2 Å². The number of rotatable bonds is 4. The molecule has 3 heteroatoms. The van der Waals surface area contributed by atoms with Crippen molar-refractivity contribution in [3.63, 3.8) is 0 Å². The van der Waals surface area contributed by atoms with Crippen LogP contribution in [0.4, 0.5) is 0 Å². The second kappa shape index (κ2) is 5.53. The zero-order valence-corrected chi connectivity index (χ0v) is 6.89. The number of esters is 1. The Balaban J connectivity index is 3.45. The van der Waals surface area contributed by atoms with Crippen LogP contribution >= 0.6 is 0 Å². The van der Waals surface area contributed by atoms with Crippen LogP contribution < -0.4 is 5.32 Å². The van der Waals surface area contributed by atoms with Crippen molar-refractivity contribution in [1.29, 1.82) is 0 Å². The third-order valence-electron chi connectivity index (χ3n) is 0.942. The molecule has 0 aliphatic rings. The average molecular weight is 155 g/mol. The van der Waals surface area contributed by atoms with E-state index in [2.05, 4.69) is 16.6 Å². The molecule has 0 aromatic rings. The minimum Gasteiger partial charge on any atom is -0.466 e. The lowest BCUT2D eigenvalue weighted by atomic mass is 10.3. The molecule has 1 N–H and O–H groups in total. The van der Waals surface area contributed by atoms with Crippen molar-refractivity contribution in [3.05, 3.63) is 24.4 Å². The van der Waals surface area contributed by atoms with Crippen molar-refractivity contribution in [1.82, 2.24) is 5.32 Å². The predicted molar refractivity (Wildman–Crippen MR) is 44.0 cm³/mol. The fraction of sp³-hybridized carbons (Fsp3) is 0.375. The summed E-state index contributed by atoms with van der Waals surface area (Å²) < 4.78 is 4.37. The predicted octanol–water partition coefficient (Wildman–Crippen LogP) is 0.839. The Hall–Kier alpha value is -1.25. The number of ether oxygens (including phenoxy) is 1. The molecule has 11 heavy (non-hydrogen) atoms. The number of hydrogen-bond acceptors (Lipinski definition) is 3. The molecule has 0 atom stereocenters. The van der Waals surface area contributed by atoms with E-state index in [9.17, 15) is 4.79 Å². The average Bonchev–Trinajstić information content (AvgIpc) is 1.97. The molecule has 0 saturated carbocycles. The molecule has 0 bridgehead atoms. The van der Waals surface area contributed by atoms with Gasteiger partial charge < -0.3 is 10.1 Å². The number of methoxy groups -OCH3 is 1. The molecular formula is C8H13NO2. The molecular weight excluding hydrogens is 142 g/mol. The molecule has 3 nitrogen and oxygen atoms in total. The molecule has 62 valence electrons. The first-order chi connectivity index (χ1) is 5.16. The van der Waals surface area contributed by atoms with E-state index >= 15 is 0 Å². The standard InChI is InChI=1S/C8H13NO2/c1-7(2)6-9-5-4-8(10)11-3/h4-5,9H,1,6H2,2-3H3/b5-4+. The van der Waals surface area contributed by atoms with Gasteiger partial charge in [-0.25, -0.2) is 4.79 Å². The van der Waals surface area contributed by atoms with Crippen molar-refractivity contribution < 1.29 is 9.53 Å². The van der Waals surface area contributed by atoms with Gasteiger partial charge in [-0.2, -0.15) is 0 Å². The molecule has 0 aliphatic heterocycles. The Kier molecular flexibility index (Phi) is 4.90. The highest BCUT2D eigenvalue weighted by Gasteiger charge is 1.88. The van der Waals surface area contributed by atoms with Crippen molar-refractivity contribution in [2.45, 2.75) is 6.92 Å². The van der Waals surface area contributed by atoms with Gasteiger partial charge in [-0.1, -0.05) is 12.2 Å². The summed E-state index contributed by atoms with van der Waals surface area (Å²) in [7, 11) is 1.34. The summed E-state index contributed by atoms with van der Waals surface area (Å²) in [5, 5.41) is 2.87. The van der Waals surface area contributed by atoms with Gasteiger partial charge in [0.25, 0.3) is 0 Å². The van der Waals surface area contributed by atoms with E-state index < -0.39 is 0 Å². The number of carbonyl (C=O) groups excluding carboxylic acids is 1. The number of nitrogens with one attached hydrogen (secondary N) is 1. The maximum Gasteiger partial charge on any atom is 0.331 e. The molecule has 0 aliphatic carbocycles.